The van der Waals surface area contributed by atoms with E-state index < -0.39 is 0 Å². The molecule has 1 aliphatic carbocycles. The Labute approximate surface area is 116 Å². The van der Waals surface area contributed by atoms with Gasteiger partial charge in [0.05, 0.1) is 17.2 Å². The number of hydrogen-bond donors (Lipinski definition) is 1. The highest BCUT2D eigenvalue weighted by molar-refractivity contribution is 5.50. The van der Waals surface area contributed by atoms with E-state index in [9.17, 15) is 10.1 Å². The molecule has 1 aromatic heterocycles. The first kappa shape index (κ1) is 12.7. The highest BCUT2D eigenvalue weighted by atomic mass is 16.6. The standard InChI is InChI=1S/C14H16N4O2/c1-17-14-4-2-3-13(12(14)9-15-17)16-10-5-7-11(8-6-10)18(19)20/h5-9,13,16H,2-4H2,1H3/t13-/m1/s1. The third-order valence-corrected chi connectivity index (χ3v) is 3.79. The largest absolute Gasteiger partial charge is 0.378 e. The lowest BCUT2D eigenvalue weighted by molar-refractivity contribution is -0.384. The second-order valence-electron chi connectivity index (χ2n) is 5.06. The molecule has 3 rings (SSSR count). The van der Waals surface area contributed by atoms with Gasteiger partial charge < -0.3 is 5.32 Å². The number of aryl methyl sites for hydroxylation is 1. The minimum atomic E-state index is -0.385. The minimum absolute atomic E-state index is 0.112. The first-order valence-corrected chi connectivity index (χ1v) is 6.67. The summed E-state index contributed by atoms with van der Waals surface area (Å²) in [5.74, 6) is 0. The Kier molecular flexibility index (Phi) is 3.14. The second kappa shape index (κ2) is 4.96. The molecule has 20 heavy (non-hydrogen) atoms. The van der Waals surface area contributed by atoms with Gasteiger partial charge in [0, 0.05) is 36.1 Å². The molecule has 0 bridgehead atoms. The highest BCUT2D eigenvalue weighted by Gasteiger charge is 2.23. The second-order valence-corrected chi connectivity index (χ2v) is 5.06. The Morgan fingerprint density at radius 1 is 1.40 bits per heavy atom. The van der Waals surface area contributed by atoms with Crippen LogP contribution in [0.3, 0.4) is 0 Å². The topological polar surface area (TPSA) is 73.0 Å². The van der Waals surface area contributed by atoms with Gasteiger partial charge in [-0.25, -0.2) is 0 Å². The van der Waals surface area contributed by atoms with Crippen LogP contribution in [0.1, 0.15) is 30.1 Å². The van der Waals surface area contributed by atoms with Gasteiger partial charge in [-0.3, -0.25) is 14.8 Å². The van der Waals surface area contributed by atoms with Crippen LogP contribution in [0.5, 0.6) is 0 Å². The normalized spacial score (nSPS) is 17.6. The fraction of sp³-hybridized carbons (Fsp3) is 0.357. The van der Waals surface area contributed by atoms with E-state index in [-0.39, 0.29) is 16.7 Å². The van der Waals surface area contributed by atoms with Gasteiger partial charge in [-0.05, 0) is 31.4 Å². The molecule has 1 aliphatic rings. The van der Waals surface area contributed by atoms with E-state index in [4.69, 9.17) is 0 Å². The Balaban J connectivity index is 1.80. The number of benzene rings is 1. The van der Waals surface area contributed by atoms with E-state index >= 15 is 0 Å². The molecule has 104 valence electrons. The fourth-order valence-electron chi connectivity index (χ4n) is 2.74. The third kappa shape index (κ3) is 2.24. The van der Waals surface area contributed by atoms with E-state index in [1.54, 1.807) is 12.1 Å². The van der Waals surface area contributed by atoms with E-state index in [0.717, 1.165) is 24.9 Å². The molecule has 0 spiro atoms. The highest BCUT2D eigenvalue weighted by Crippen LogP contribution is 2.32. The molecule has 0 unspecified atom stereocenters. The summed E-state index contributed by atoms with van der Waals surface area (Å²) in [6.07, 6.45) is 5.15. The van der Waals surface area contributed by atoms with Gasteiger partial charge in [-0.2, -0.15) is 5.10 Å². The van der Waals surface area contributed by atoms with Crippen LogP contribution in [-0.4, -0.2) is 14.7 Å². The van der Waals surface area contributed by atoms with E-state index in [1.807, 2.05) is 17.9 Å². The predicted molar refractivity (Wildman–Crippen MR) is 75.6 cm³/mol. The molecule has 1 atom stereocenters. The Bertz CT molecular complexity index is 633. The number of nitro benzene ring substituents is 1. The lowest BCUT2D eigenvalue weighted by atomic mass is 9.93. The molecule has 2 aromatic rings. The quantitative estimate of drug-likeness (QED) is 0.688. The van der Waals surface area contributed by atoms with Crippen LogP contribution < -0.4 is 5.32 Å². The third-order valence-electron chi connectivity index (χ3n) is 3.79. The van der Waals surface area contributed by atoms with Crippen molar-refractivity contribution < 1.29 is 4.92 Å². The zero-order valence-electron chi connectivity index (χ0n) is 11.2. The zero-order valence-corrected chi connectivity index (χ0v) is 11.2. The number of rotatable bonds is 3. The molecule has 0 saturated carbocycles. The molecule has 6 nitrogen and oxygen atoms in total. The Morgan fingerprint density at radius 3 is 2.85 bits per heavy atom. The van der Waals surface area contributed by atoms with Gasteiger partial charge in [-0.1, -0.05) is 0 Å². The van der Waals surface area contributed by atoms with Crippen molar-refractivity contribution in [1.29, 1.82) is 0 Å². The summed E-state index contributed by atoms with van der Waals surface area (Å²) in [6, 6.07) is 6.78. The van der Waals surface area contributed by atoms with Crippen molar-refractivity contribution in [3.63, 3.8) is 0 Å². The fourth-order valence-corrected chi connectivity index (χ4v) is 2.74. The summed E-state index contributed by atoms with van der Waals surface area (Å²) in [4.78, 5) is 10.3. The maximum Gasteiger partial charge on any atom is 0.269 e. The van der Waals surface area contributed by atoms with Crippen LogP contribution in [0.4, 0.5) is 11.4 Å². The van der Waals surface area contributed by atoms with Crippen molar-refractivity contribution in [2.45, 2.75) is 25.3 Å². The summed E-state index contributed by atoms with van der Waals surface area (Å²) in [7, 11) is 1.97. The van der Waals surface area contributed by atoms with Crippen LogP contribution in [0, 0.1) is 10.1 Å². The lowest BCUT2D eigenvalue weighted by Gasteiger charge is -2.24. The maximum absolute atomic E-state index is 10.6. The molecular formula is C14H16N4O2. The first-order chi connectivity index (χ1) is 9.65. The number of fused-ring (bicyclic) bond motifs is 1. The van der Waals surface area contributed by atoms with Crippen molar-refractivity contribution in [2.24, 2.45) is 7.05 Å². The van der Waals surface area contributed by atoms with Crippen molar-refractivity contribution in [1.82, 2.24) is 9.78 Å². The van der Waals surface area contributed by atoms with Crippen LogP contribution in [0.15, 0.2) is 30.5 Å². The molecule has 1 heterocycles. The van der Waals surface area contributed by atoms with Gasteiger partial charge in [0.1, 0.15) is 0 Å². The molecule has 1 N–H and O–H groups in total. The Morgan fingerprint density at radius 2 is 2.15 bits per heavy atom. The SMILES string of the molecule is Cn1ncc2c1CCC[C@H]2Nc1ccc([N+](=O)[O-])cc1. The minimum Gasteiger partial charge on any atom is -0.378 e. The summed E-state index contributed by atoms with van der Waals surface area (Å²) in [5, 5.41) is 18.4. The molecule has 0 saturated heterocycles. The summed E-state index contributed by atoms with van der Waals surface area (Å²) >= 11 is 0. The van der Waals surface area contributed by atoms with Crippen molar-refractivity contribution in [3.05, 3.63) is 51.8 Å². The van der Waals surface area contributed by atoms with E-state index in [1.165, 1.54) is 23.4 Å². The number of nitro groups is 1. The number of aromatic nitrogens is 2. The molecule has 0 radical (unpaired) electrons. The smallest absolute Gasteiger partial charge is 0.269 e. The Hall–Kier alpha value is -2.37. The molecule has 6 heteroatoms. The van der Waals surface area contributed by atoms with Gasteiger partial charge in [0.15, 0.2) is 0 Å². The summed E-state index contributed by atoms with van der Waals surface area (Å²) in [6.45, 7) is 0. The number of nitrogens with zero attached hydrogens (tertiary/aromatic N) is 3. The van der Waals surface area contributed by atoms with Crippen molar-refractivity contribution >= 4 is 11.4 Å². The van der Waals surface area contributed by atoms with Crippen LogP contribution in [0.25, 0.3) is 0 Å². The molecule has 0 amide bonds. The first-order valence-electron chi connectivity index (χ1n) is 6.67. The monoisotopic (exact) mass is 272 g/mol. The number of nitrogens with one attached hydrogen (secondary N) is 1. The number of hydrogen-bond acceptors (Lipinski definition) is 4. The molecule has 0 aliphatic heterocycles. The van der Waals surface area contributed by atoms with E-state index in [0.29, 0.717) is 0 Å². The van der Waals surface area contributed by atoms with Crippen molar-refractivity contribution in [2.75, 3.05) is 5.32 Å². The van der Waals surface area contributed by atoms with E-state index in [2.05, 4.69) is 10.4 Å². The molecule has 0 fully saturated rings. The van der Waals surface area contributed by atoms with Gasteiger partial charge in [0.2, 0.25) is 0 Å². The van der Waals surface area contributed by atoms with Gasteiger partial charge in [0.25, 0.3) is 5.69 Å². The van der Waals surface area contributed by atoms with Crippen LogP contribution >= 0.6 is 0 Å². The van der Waals surface area contributed by atoms with Crippen LogP contribution in [-0.2, 0) is 13.5 Å². The predicted octanol–water partition coefficient (Wildman–Crippen LogP) is 2.82. The average molecular weight is 272 g/mol. The summed E-state index contributed by atoms with van der Waals surface area (Å²) < 4.78 is 1.93. The lowest BCUT2D eigenvalue weighted by Crippen LogP contribution is -2.17. The average Bonchev–Trinajstić information content (AvgIpc) is 2.82. The number of non-ortho nitro benzene ring substituents is 1. The van der Waals surface area contributed by atoms with Crippen LogP contribution in [0.2, 0.25) is 0 Å². The van der Waals surface area contributed by atoms with Gasteiger partial charge >= 0.3 is 0 Å². The number of anilines is 1. The molecular weight excluding hydrogens is 256 g/mol. The van der Waals surface area contributed by atoms with Crippen molar-refractivity contribution in [3.8, 4) is 0 Å². The molecule has 1 aromatic carbocycles. The zero-order chi connectivity index (χ0) is 14.1. The van der Waals surface area contributed by atoms with Gasteiger partial charge in [-0.15, -0.1) is 0 Å². The maximum atomic E-state index is 10.6. The summed E-state index contributed by atoms with van der Waals surface area (Å²) in [5.41, 5.74) is 3.52.